The summed E-state index contributed by atoms with van der Waals surface area (Å²) < 4.78 is 0. The smallest absolute Gasteiger partial charge is 0.0410 e. The van der Waals surface area contributed by atoms with Crippen LogP contribution in [-0.2, 0) is 0 Å². The molecule has 2 aliphatic carbocycles. The summed E-state index contributed by atoms with van der Waals surface area (Å²) in [6.45, 7) is 0. The second kappa shape index (κ2) is 1.74. The molecule has 0 radical (unpaired) electrons. The zero-order valence-corrected chi connectivity index (χ0v) is 6.14. The molecule has 10 heavy (non-hydrogen) atoms. The van der Waals surface area contributed by atoms with Crippen molar-refractivity contribution >= 4 is 0 Å². The lowest BCUT2D eigenvalue weighted by atomic mass is 9.97. The first kappa shape index (κ1) is 5.56. The summed E-state index contributed by atoms with van der Waals surface area (Å²) in [7, 11) is 0. The van der Waals surface area contributed by atoms with Crippen LogP contribution in [0.4, 0.5) is 0 Å². The van der Waals surface area contributed by atoms with Crippen molar-refractivity contribution in [1.82, 2.24) is 10.9 Å². The highest BCUT2D eigenvalue weighted by atomic mass is 15.5. The largest absolute Gasteiger partial charge is 0.253 e. The molecule has 3 aliphatic rings. The SMILES string of the molecule is C1CC2CC3NNC3C2C1. The normalized spacial score (nSPS) is 57.6. The number of hydrogen-bond acceptors (Lipinski definition) is 2. The van der Waals surface area contributed by atoms with Crippen molar-refractivity contribution in [3.8, 4) is 0 Å². The fraction of sp³-hybridized carbons (Fsp3) is 1.00. The summed E-state index contributed by atoms with van der Waals surface area (Å²) in [5.74, 6) is 2.10. The van der Waals surface area contributed by atoms with Gasteiger partial charge in [0.1, 0.15) is 0 Å². The molecule has 3 fully saturated rings. The molecule has 0 aromatic rings. The van der Waals surface area contributed by atoms with E-state index >= 15 is 0 Å². The molecule has 4 unspecified atom stereocenters. The van der Waals surface area contributed by atoms with E-state index in [0.717, 1.165) is 23.9 Å². The Balaban J connectivity index is 1.85. The molecule has 0 aromatic carbocycles. The van der Waals surface area contributed by atoms with E-state index in [1.54, 1.807) is 0 Å². The van der Waals surface area contributed by atoms with Crippen LogP contribution < -0.4 is 10.9 Å². The molecule has 0 amide bonds. The Bertz CT molecular complexity index is 155. The van der Waals surface area contributed by atoms with Crippen molar-refractivity contribution in [2.24, 2.45) is 11.8 Å². The molecule has 0 aromatic heterocycles. The molecule has 2 nitrogen and oxygen atoms in total. The van der Waals surface area contributed by atoms with Gasteiger partial charge in [0, 0.05) is 12.1 Å². The lowest BCUT2D eigenvalue weighted by molar-refractivity contribution is 0.190. The average molecular weight is 138 g/mol. The molecule has 2 heteroatoms. The molecule has 56 valence electrons. The van der Waals surface area contributed by atoms with Crippen LogP contribution in [0.5, 0.6) is 0 Å². The van der Waals surface area contributed by atoms with Crippen LogP contribution >= 0.6 is 0 Å². The lowest BCUT2D eigenvalue weighted by Crippen LogP contribution is -2.66. The van der Waals surface area contributed by atoms with Gasteiger partial charge in [-0.15, -0.1) is 0 Å². The highest BCUT2D eigenvalue weighted by Crippen LogP contribution is 2.45. The standard InChI is InChI=1S/C8H14N2/c1-2-5-4-7-8(10-9-7)6(5)3-1/h5-10H,1-4H2. The van der Waals surface area contributed by atoms with Crippen molar-refractivity contribution in [3.63, 3.8) is 0 Å². The summed E-state index contributed by atoms with van der Waals surface area (Å²) in [6, 6.07) is 1.70. The van der Waals surface area contributed by atoms with Crippen LogP contribution in [0.3, 0.4) is 0 Å². The third-order valence-electron chi connectivity index (χ3n) is 3.60. The molecular formula is C8H14N2. The second-order valence-electron chi connectivity index (χ2n) is 4.01. The minimum absolute atomic E-state index is 0.843. The second-order valence-corrected chi connectivity index (χ2v) is 4.01. The lowest BCUT2D eigenvalue weighted by Gasteiger charge is -2.36. The minimum atomic E-state index is 0.843. The number of hydrogen-bond donors (Lipinski definition) is 2. The predicted octanol–water partition coefficient (Wildman–Crippen LogP) is 0.651. The Hall–Kier alpha value is -0.0800. The maximum atomic E-state index is 3.33. The van der Waals surface area contributed by atoms with Gasteiger partial charge in [0.05, 0.1) is 0 Å². The Kier molecular flexibility index (Phi) is 0.968. The summed E-state index contributed by atoms with van der Waals surface area (Å²) >= 11 is 0. The van der Waals surface area contributed by atoms with Crippen LogP contribution in [0, 0.1) is 11.8 Å². The van der Waals surface area contributed by atoms with Gasteiger partial charge in [-0.05, 0) is 24.7 Å². The third-order valence-corrected chi connectivity index (χ3v) is 3.60. The van der Waals surface area contributed by atoms with Crippen molar-refractivity contribution in [3.05, 3.63) is 0 Å². The van der Waals surface area contributed by atoms with Crippen LogP contribution in [0.2, 0.25) is 0 Å². The highest BCUT2D eigenvalue weighted by Gasteiger charge is 2.49. The van der Waals surface area contributed by atoms with E-state index in [4.69, 9.17) is 0 Å². The Morgan fingerprint density at radius 2 is 2.10 bits per heavy atom. The zero-order valence-electron chi connectivity index (χ0n) is 6.14. The Morgan fingerprint density at radius 3 is 2.90 bits per heavy atom. The monoisotopic (exact) mass is 138 g/mol. The quantitative estimate of drug-likeness (QED) is 0.513. The first-order valence-corrected chi connectivity index (χ1v) is 4.46. The number of fused-ring (bicyclic) bond motifs is 3. The van der Waals surface area contributed by atoms with E-state index in [0.29, 0.717) is 0 Å². The van der Waals surface area contributed by atoms with Gasteiger partial charge in [0.2, 0.25) is 0 Å². The summed E-state index contributed by atoms with van der Waals surface area (Å²) in [6.07, 6.45) is 5.92. The van der Waals surface area contributed by atoms with Crippen molar-refractivity contribution in [2.75, 3.05) is 0 Å². The van der Waals surface area contributed by atoms with Gasteiger partial charge < -0.3 is 0 Å². The fourth-order valence-electron chi connectivity index (χ4n) is 3.07. The first-order chi connectivity index (χ1) is 4.95. The van der Waals surface area contributed by atoms with E-state index in [1.807, 2.05) is 0 Å². The van der Waals surface area contributed by atoms with Crippen molar-refractivity contribution in [2.45, 2.75) is 37.8 Å². The van der Waals surface area contributed by atoms with Crippen LogP contribution in [0.1, 0.15) is 25.7 Å². The number of rotatable bonds is 0. The van der Waals surface area contributed by atoms with Gasteiger partial charge in [-0.1, -0.05) is 12.8 Å². The first-order valence-electron chi connectivity index (χ1n) is 4.46. The highest BCUT2D eigenvalue weighted by molar-refractivity contribution is 5.05. The maximum Gasteiger partial charge on any atom is 0.0410 e. The Labute approximate surface area is 61.3 Å². The molecule has 1 saturated heterocycles. The zero-order chi connectivity index (χ0) is 6.55. The molecule has 3 rings (SSSR count). The molecular weight excluding hydrogens is 124 g/mol. The molecule has 1 aliphatic heterocycles. The van der Waals surface area contributed by atoms with E-state index < -0.39 is 0 Å². The van der Waals surface area contributed by atoms with Crippen LogP contribution in [0.25, 0.3) is 0 Å². The van der Waals surface area contributed by atoms with Gasteiger partial charge in [0.25, 0.3) is 0 Å². The summed E-state index contributed by atoms with van der Waals surface area (Å²) in [5.41, 5.74) is 6.61. The van der Waals surface area contributed by atoms with Gasteiger partial charge in [-0.25, -0.2) is 0 Å². The van der Waals surface area contributed by atoms with Gasteiger partial charge in [-0.3, -0.25) is 10.9 Å². The molecule has 0 spiro atoms. The Morgan fingerprint density at radius 1 is 1.10 bits per heavy atom. The minimum Gasteiger partial charge on any atom is -0.253 e. The van der Waals surface area contributed by atoms with Crippen LogP contribution in [0.15, 0.2) is 0 Å². The third kappa shape index (κ3) is 0.523. The predicted molar refractivity (Wildman–Crippen MR) is 39.3 cm³/mol. The van der Waals surface area contributed by atoms with E-state index in [2.05, 4.69) is 10.9 Å². The topological polar surface area (TPSA) is 24.1 Å². The number of nitrogens with one attached hydrogen (secondary N) is 2. The summed E-state index contributed by atoms with van der Waals surface area (Å²) in [5, 5.41) is 0. The fourth-order valence-corrected chi connectivity index (χ4v) is 3.07. The van der Waals surface area contributed by atoms with E-state index in [1.165, 1.54) is 25.7 Å². The van der Waals surface area contributed by atoms with Gasteiger partial charge in [0.15, 0.2) is 0 Å². The van der Waals surface area contributed by atoms with E-state index in [9.17, 15) is 0 Å². The molecule has 2 saturated carbocycles. The van der Waals surface area contributed by atoms with Crippen molar-refractivity contribution < 1.29 is 0 Å². The average Bonchev–Trinajstić information content (AvgIpc) is 2.35. The van der Waals surface area contributed by atoms with Crippen molar-refractivity contribution in [1.29, 1.82) is 0 Å². The number of hydrazine groups is 1. The molecule has 1 heterocycles. The van der Waals surface area contributed by atoms with Gasteiger partial charge >= 0.3 is 0 Å². The van der Waals surface area contributed by atoms with E-state index in [-0.39, 0.29) is 0 Å². The molecule has 4 atom stereocenters. The van der Waals surface area contributed by atoms with Gasteiger partial charge in [-0.2, -0.15) is 0 Å². The maximum absolute atomic E-state index is 3.33. The molecule has 0 bridgehead atoms. The summed E-state index contributed by atoms with van der Waals surface area (Å²) in [4.78, 5) is 0. The van der Waals surface area contributed by atoms with Crippen LogP contribution in [-0.4, -0.2) is 12.1 Å². The molecule has 2 N–H and O–H groups in total.